The smallest absolute Gasteiger partial charge is 0.410 e. The van der Waals surface area contributed by atoms with Gasteiger partial charge < -0.3 is 4.74 Å². The Kier molecular flexibility index (Phi) is 4.21. The second-order valence-electron chi connectivity index (χ2n) is 6.14. The number of nitrogens with zero attached hydrogens (tertiary/aromatic N) is 1. The van der Waals surface area contributed by atoms with Crippen LogP contribution in [0.4, 0.5) is 4.79 Å². The van der Waals surface area contributed by atoms with Crippen LogP contribution in [0.1, 0.15) is 22.7 Å². The van der Waals surface area contributed by atoms with Crippen molar-refractivity contribution in [2.45, 2.75) is 12.5 Å². The van der Waals surface area contributed by atoms with Crippen LogP contribution in [0.15, 0.2) is 84.9 Å². The Hall–Kier alpha value is -3.07. The summed E-state index contributed by atoms with van der Waals surface area (Å²) in [6.07, 6.45) is 0.526. The molecule has 25 heavy (non-hydrogen) atoms. The Morgan fingerprint density at radius 1 is 0.840 bits per heavy atom. The first-order valence-corrected chi connectivity index (χ1v) is 8.49. The van der Waals surface area contributed by atoms with E-state index < -0.39 is 0 Å². The third-order valence-electron chi connectivity index (χ3n) is 4.58. The van der Waals surface area contributed by atoms with Crippen LogP contribution >= 0.6 is 0 Å². The molecular weight excluding hydrogens is 310 g/mol. The van der Waals surface area contributed by atoms with Crippen molar-refractivity contribution in [2.75, 3.05) is 6.54 Å². The topological polar surface area (TPSA) is 29.5 Å². The predicted octanol–water partition coefficient (Wildman–Crippen LogP) is 4.83. The van der Waals surface area contributed by atoms with Crippen molar-refractivity contribution in [3.8, 4) is 5.75 Å². The molecule has 0 radical (unpaired) electrons. The van der Waals surface area contributed by atoms with E-state index in [9.17, 15) is 4.79 Å². The van der Waals surface area contributed by atoms with E-state index in [4.69, 9.17) is 4.74 Å². The number of ether oxygens (including phenoxy) is 1. The Balaban J connectivity index is 1.70. The van der Waals surface area contributed by atoms with Crippen LogP contribution in [0.3, 0.4) is 0 Å². The standard InChI is InChI=1S/C22H19NO2/c24-22(25-19-12-5-2-6-13-19)23-16-15-17-9-7-8-14-20(17)21(23)18-10-3-1-4-11-18/h1-14,21H,15-16H2/t21-/m1/s1. The molecule has 1 atom stereocenters. The average Bonchev–Trinajstić information content (AvgIpc) is 2.68. The molecule has 0 saturated heterocycles. The molecule has 1 heterocycles. The first-order valence-electron chi connectivity index (χ1n) is 8.49. The average molecular weight is 329 g/mol. The summed E-state index contributed by atoms with van der Waals surface area (Å²) < 4.78 is 5.61. The highest BCUT2D eigenvalue weighted by molar-refractivity contribution is 5.72. The number of benzene rings is 3. The first kappa shape index (κ1) is 15.5. The summed E-state index contributed by atoms with van der Waals surface area (Å²) in [5, 5.41) is 0. The SMILES string of the molecule is O=C(Oc1ccccc1)N1CCc2ccccc2[C@H]1c1ccccc1. The summed E-state index contributed by atoms with van der Waals surface area (Å²) in [5.74, 6) is 0.568. The van der Waals surface area contributed by atoms with E-state index in [2.05, 4.69) is 30.3 Å². The fourth-order valence-electron chi connectivity index (χ4n) is 3.41. The molecule has 0 fully saturated rings. The predicted molar refractivity (Wildman–Crippen MR) is 97.6 cm³/mol. The van der Waals surface area contributed by atoms with E-state index >= 15 is 0 Å². The van der Waals surface area contributed by atoms with E-state index in [0.29, 0.717) is 12.3 Å². The third-order valence-corrected chi connectivity index (χ3v) is 4.58. The van der Waals surface area contributed by atoms with Gasteiger partial charge in [0.2, 0.25) is 0 Å². The lowest BCUT2D eigenvalue weighted by molar-refractivity contribution is 0.136. The van der Waals surface area contributed by atoms with Gasteiger partial charge in [-0.05, 0) is 35.2 Å². The number of fused-ring (bicyclic) bond motifs is 1. The van der Waals surface area contributed by atoms with Gasteiger partial charge >= 0.3 is 6.09 Å². The second kappa shape index (κ2) is 6.81. The van der Waals surface area contributed by atoms with Crippen molar-refractivity contribution < 1.29 is 9.53 Å². The van der Waals surface area contributed by atoms with Gasteiger partial charge in [0.15, 0.2) is 0 Å². The van der Waals surface area contributed by atoms with Crippen LogP contribution in [0.5, 0.6) is 5.75 Å². The summed E-state index contributed by atoms with van der Waals surface area (Å²) in [6, 6.07) is 27.6. The molecule has 1 amide bonds. The van der Waals surface area contributed by atoms with Gasteiger partial charge in [0.05, 0.1) is 6.04 Å². The Morgan fingerprint density at radius 2 is 1.48 bits per heavy atom. The number of hydrogen-bond donors (Lipinski definition) is 0. The van der Waals surface area contributed by atoms with Crippen molar-refractivity contribution in [3.05, 3.63) is 102 Å². The van der Waals surface area contributed by atoms with Crippen LogP contribution in [-0.2, 0) is 6.42 Å². The first-order chi connectivity index (χ1) is 12.3. The number of rotatable bonds is 2. The van der Waals surface area contributed by atoms with E-state index in [0.717, 1.165) is 12.0 Å². The Labute approximate surface area is 147 Å². The summed E-state index contributed by atoms with van der Waals surface area (Å²) in [6.45, 7) is 0.641. The molecule has 4 rings (SSSR count). The second-order valence-corrected chi connectivity index (χ2v) is 6.14. The number of carbonyl (C=O) groups is 1. The molecule has 0 bridgehead atoms. The molecule has 3 heteroatoms. The van der Waals surface area contributed by atoms with Gasteiger partial charge in [-0.15, -0.1) is 0 Å². The molecule has 1 aliphatic rings. The highest BCUT2D eigenvalue weighted by Gasteiger charge is 2.32. The van der Waals surface area contributed by atoms with Crippen molar-refractivity contribution in [3.63, 3.8) is 0 Å². The minimum Gasteiger partial charge on any atom is -0.410 e. The van der Waals surface area contributed by atoms with Crippen molar-refractivity contribution in [2.24, 2.45) is 0 Å². The van der Waals surface area contributed by atoms with E-state index in [1.165, 1.54) is 11.1 Å². The minimum absolute atomic E-state index is 0.123. The normalized spacial score (nSPS) is 16.2. The zero-order valence-electron chi connectivity index (χ0n) is 13.8. The molecule has 3 aromatic carbocycles. The molecule has 0 aliphatic carbocycles. The number of hydrogen-bond acceptors (Lipinski definition) is 2. The van der Waals surface area contributed by atoms with Gasteiger partial charge in [-0.1, -0.05) is 72.8 Å². The quantitative estimate of drug-likeness (QED) is 0.674. The number of carbonyl (C=O) groups excluding carboxylic acids is 1. The molecule has 3 aromatic rings. The zero-order chi connectivity index (χ0) is 17.1. The lowest BCUT2D eigenvalue weighted by atomic mass is 9.88. The molecule has 1 aliphatic heterocycles. The largest absolute Gasteiger partial charge is 0.416 e. The lowest BCUT2D eigenvalue weighted by Crippen LogP contribution is -2.42. The van der Waals surface area contributed by atoms with Gasteiger partial charge in [0, 0.05) is 6.54 Å². The zero-order valence-corrected chi connectivity index (χ0v) is 13.8. The minimum atomic E-state index is -0.311. The van der Waals surface area contributed by atoms with Crippen LogP contribution in [0, 0.1) is 0 Å². The summed E-state index contributed by atoms with van der Waals surface area (Å²) in [5.41, 5.74) is 3.56. The monoisotopic (exact) mass is 329 g/mol. The van der Waals surface area contributed by atoms with Crippen molar-refractivity contribution in [1.82, 2.24) is 4.90 Å². The van der Waals surface area contributed by atoms with Gasteiger partial charge in [0.25, 0.3) is 0 Å². The molecule has 0 N–H and O–H groups in total. The number of para-hydroxylation sites is 1. The highest BCUT2D eigenvalue weighted by Crippen LogP contribution is 2.35. The van der Waals surface area contributed by atoms with Crippen LogP contribution in [0.25, 0.3) is 0 Å². The molecule has 0 unspecified atom stereocenters. The van der Waals surface area contributed by atoms with Gasteiger partial charge in [-0.2, -0.15) is 0 Å². The Morgan fingerprint density at radius 3 is 2.24 bits per heavy atom. The van der Waals surface area contributed by atoms with Crippen LogP contribution in [0.2, 0.25) is 0 Å². The van der Waals surface area contributed by atoms with Crippen LogP contribution < -0.4 is 4.74 Å². The maximum atomic E-state index is 12.9. The molecular formula is C22H19NO2. The van der Waals surface area contributed by atoms with E-state index in [1.807, 2.05) is 47.4 Å². The maximum absolute atomic E-state index is 12.9. The fourth-order valence-corrected chi connectivity index (χ4v) is 3.41. The molecule has 3 nitrogen and oxygen atoms in total. The molecule has 0 saturated carbocycles. The number of amides is 1. The fraction of sp³-hybridized carbons (Fsp3) is 0.136. The molecule has 0 spiro atoms. The van der Waals surface area contributed by atoms with E-state index in [-0.39, 0.29) is 12.1 Å². The van der Waals surface area contributed by atoms with Gasteiger partial charge in [-0.3, -0.25) is 4.90 Å². The summed E-state index contributed by atoms with van der Waals surface area (Å²) >= 11 is 0. The van der Waals surface area contributed by atoms with Gasteiger partial charge in [0.1, 0.15) is 5.75 Å². The molecule has 124 valence electrons. The lowest BCUT2D eigenvalue weighted by Gasteiger charge is -2.36. The van der Waals surface area contributed by atoms with Crippen LogP contribution in [-0.4, -0.2) is 17.5 Å². The summed E-state index contributed by atoms with van der Waals surface area (Å²) in [4.78, 5) is 14.7. The van der Waals surface area contributed by atoms with Crippen molar-refractivity contribution in [1.29, 1.82) is 0 Å². The highest BCUT2D eigenvalue weighted by atomic mass is 16.6. The van der Waals surface area contributed by atoms with Gasteiger partial charge in [-0.25, -0.2) is 4.79 Å². The molecule has 0 aromatic heterocycles. The van der Waals surface area contributed by atoms with E-state index in [1.54, 1.807) is 12.1 Å². The summed E-state index contributed by atoms with van der Waals surface area (Å²) in [7, 11) is 0. The maximum Gasteiger partial charge on any atom is 0.416 e. The van der Waals surface area contributed by atoms with Crippen molar-refractivity contribution >= 4 is 6.09 Å². The Bertz CT molecular complexity index is 861. The third kappa shape index (κ3) is 3.13.